The summed E-state index contributed by atoms with van der Waals surface area (Å²) in [6.45, 7) is 9.88. The largest absolute Gasteiger partial charge is 0.444 e. The Kier molecular flexibility index (Phi) is 8.04. The number of urea groups is 1. The van der Waals surface area contributed by atoms with Crippen molar-refractivity contribution in [2.45, 2.75) is 64.1 Å². The van der Waals surface area contributed by atoms with Gasteiger partial charge in [0.1, 0.15) is 5.60 Å². The summed E-state index contributed by atoms with van der Waals surface area (Å²) in [6, 6.07) is 10.9. The predicted octanol–water partition coefficient (Wildman–Crippen LogP) is 3.69. The second kappa shape index (κ2) is 10.6. The third-order valence-electron chi connectivity index (χ3n) is 6.54. The lowest BCUT2D eigenvalue weighted by Crippen LogP contribution is -2.48. The van der Waals surface area contributed by atoms with Crippen LogP contribution in [0.2, 0.25) is 0 Å². The van der Waals surface area contributed by atoms with Crippen LogP contribution in [0.4, 0.5) is 9.59 Å². The first-order valence-corrected chi connectivity index (χ1v) is 11.9. The molecule has 0 spiro atoms. The van der Waals surface area contributed by atoms with Gasteiger partial charge in [0.05, 0.1) is 6.04 Å². The van der Waals surface area contributed by atoms with Gasteiger partial charge in [0.25, 0.3) is 0 Å². The molecule has 2 atom stereocenters. The van der Waals surface area contributed by atoms with Crippen molar-refractivity contribution in [2.24, 2.45) is 0 Å². The van der Waals surface area contributed by atoms with Crippen molar-refractivity contribution in [1.29, 1.82) is 0 Å². The molecule has 1 aromatic carbocycles. The molecular formula is C25H40N4O3. The van der Waals surface area contributed by atoms with Crippen molar-refractivity contribution in [2.75, 3.05) is 46.8 Å². The molecule has 0 saturated carbocycles. The molecule has 0 N–H and O–H groups in total. The van der Waals surface area contributed by atoms with Crippen molar-refractivity contribution < 1.29 is 14.3 Å². The molecule has 2 saturated heterocycles. The number of rotatable bonds is 6. The second-order valence-electron chi connectivity index (χ2n) is 10.2. The van der Waals surface area contributed by atoms with Crippen molar-refractivity contribution in [3.05, 3.63) is 35.9 Å². The van der Waals surface area contributed by atoms with Gasteiger partial charge in [-0.1, -0.05) is 30.3 Å². The number of ether oxygens (including phenoxy) is 1. The number of likely N-dealkylation sites (N-methyl/N-ethyl adjacent to an activating group) is 2. The zero-order valence-electron chi connectivity index (χ0n) is 20.4. The quantitative estimate of drug-likeness (QED) is 0.672. The first-order chi connectivity index (χ1) is 15.1. The normalized spacial score (nSPS) is 21.6. The monoisotopic (exact) mass is 444 g/mol. The Bertz CT molecular complexity index is 764. The lowest BCUT2D eigenvalue weighted by atomic mass is 10.1. The average Bonchev–Trinajstić information content (AvgIpc) is 3.42. The fourth-order valence-corrected chi connectivity index (χ4v) is 4.58. The molecule has 178 valence electrons. The SMILES string of the molecule is CN(C(=O)N1CC[C@H](N(C)C(=O)OC(C)(C)C)C1)C1CCN(CCCc2ccccc2)C1. The zero-order chi connectivity index (χ0) is 23.3. The lowest BCUT2D eigenvalue weighted by molar-refractivity contribution is 0.0229. The van der Waals surface area contributed by atoms with Crippen LogP contribution in [-0.4, -0.2) is 96.2 Å². The topological polar surface area (TPSA) is 56.3 Å². The van der Waals surface area contributed by atoms with E-state index in [0.717, 1.165) is 45.3 Å². The molecular weight excluding hydrogens is 404 g/mol. The van der Waals surface area contributed by atoms with E-state index in [-0.39, 0.29) is 24.2 Å². The van der Waals surface area contributed by atoms with Gasteiger partial charge in [-0.15, -0.1) is 0 Å². The van der Waals surface area contributed by atoms with Crippen LogP contribution < -0.4 is 0 Å². The summed E-state index contributed by atoms with van der Waals surface area (Å²) in [6.07, 6.45) is 3.71. The van der Waals surface area contributed by atoms with E-state index >= 15 is 0 Å². The molecule has 2 aliphatic heterocycles. The highest BCUT2D eigenvalue weighted by Crippen LogP contribution is 2.21. The lowest BCUT2D eigenvalue weighted by Gasteiger charge is -2.31. The summed E-state index contributed by atoms with van der Waals surface area (Å²) in [5, 5.41) is 0. The zero-order valence-corrected chi connectivity index (χ0v) is 20.4. The van der Waals surface area contributed by atoms with Gasteiger partial charge in [-0.25, -0.2) is 9.59 Å². The molecule has 0 bridgehead atoms. The van der Waals surface area contributed by atoms with Crippen LogP contribution in [-0.2, 0) is 11.2 Å². The van der Waals surface area contributed by atoms with E-state index in [4.69, 9.17) is 4.74 Å². The Morgan fingerprint density at radius 1 is 1.00 bits per heavy atom. The molecule has 0 aromatic heterocycles. The van der Waals surface area contributed by atoms with Gasteiger partial charge in [-0.3, -0.25) is 0 Å². The third-order valence-corrected chi connectivity index (χ3v) is 6.54. The maximum absolute atomic E-state index is 13.1. The highest BCUT2D eigenvalue weighted by atomic mass is 16.6. The van der Waals surface area contributed by atoms with Crippen molar-refractivity contribution >= 4 is 12.1 Å². The summed E-state index contributed by atoms with van der Waals surface area (Å²) in [4.78, 5) is 33.4. The summed E-state index contributed by atoms with van der Waals surface area (Å²) < 4.78 is 5.48. The van der Waals surface area contributed by atoms with E-state index in [0.29, 0.717) is 13.1 Å². The molecule has 0 aliphatic carbocycles. The molecule has 7 nitrogen and oxygen atoms in total. The molecule has 2 fully saturated rings. The molecule has 0 radical (unpaired) electrons. The van der Waals surface area contributed by atoms with Crippen molar-refractivity contribution in [1.82, 2.24) is 19.6 Å². The number of aryl methyl sites for hydroxylation is 1. The van der Waals surface area contributed by atoms with Crippen LogP contribution in [0.3, 0.4) is 0 Å². The van der Waals surface area contributed by atoms with Crippen molar-refractivity contribution in [3.63, 3.8) is 0 Å². The predicted molar refractivity (Wildman–Crippen MR) is 127 cm³/mol. The van der Waals surface area contributed by atoms with E-state index in [1.807, 2.05) is 37.6 Å². The highest BCUT2D eigenvalue weighted by Gasteiger charge is 2.36. The average molecular weight is 445 g/mol. The fourth-order valence-electron chi connectivity index (χ4n) is 4.58. The van der Waals surface area contributed by atoms with Gasteiger partial charge in [0, 0.05) is 46.3 Å². The van der Waals surface area contributed by atoms with Gasteiger partial charge < -0.3 is 24.3 Å². The van der Waals surface area contributed by atoms with E-state index in [2.05, 4.69) is 35.2 Å². The van der Waals surface area contributed by atoms with Gasteiger partial charge in [-0.05, 0) is 58.6 Å². The van der Waals surface area contributed by atoms with E-state index in [1.165, 1.54) is 5.56 Å². The van der Waals surface area contributed by atoms with Crippen LogP contribution in [0.5, 0.6) is 0 Å². The van der Waals surface area contributed by atoms with Crippen LogP contribution in [0.25, 0.3) is 0 Å². The van der Waals surface area contributed by atoms with Crippen LogP contribution in [0.15, 0.2) is 30.3 Å². The van der Waals surface area contributed by atoms with E-state index in [9.17, 15) is 9.59 Å². The number of carbonyl (C=O) groups excluding carboxylic acids is 2. The highest BCUT2D eigenvalue weighted by molar-refractivity contribution is 5.75. The minimum absolute atomic E-state index is 0.000244. The van der Waals surface area contributed by atoms with Gasteiger partial charge in [-0.2, -0.15) is 0 Å². The third kappa shape index (κ3) is 6.61. The fraction of sp³-hybridized carbons (Fsp3) is 0.680. The Balaban J connectivity index is 1.42. The second-order valence-corrected chi connectivity index (χ2v) is 10.2. The van der Waals surface area contributed by atoms with Crippen LogP contribution >= 0.6 is 0 Å². The number of nitrogens with zero attached hydrogens (tertiary/aromatic N) is 4. The summed E-state index contributed by atoms with van der Waals surface area (Å²) in [7, 11) is 3.69. The summed E-state index contributed by atoms with van der Waals surface area (Å²) >= 11 is 0. The van der Waals surface area contributed by atoms with Gasteiger partial charge in [0.15, 0.2) is 0 Å². The number of hydrogen-bond donors (Lipinski definition) is 0. The molecule has 2 heterocycles. The number of likely N-dealkylation sites (tertiary alicyclic amines) is 2. The van der Waals surface area contributed by atoms with Gasteiger partial charge in [0.2, 0.25) is 0 Å². The Morgan fingerprint density at radius 3 is 2.34 bits per heavy atom. The van der Waals surface area contributed by atoms with Crippen LogP contribution in [0, 0.1) is 0 Å². The Labute approximate surface area is 193 Å². The number of amides is 3. The molecule has 3 rings (SSSR count). The standard InChI is InChI=1S/C25H40N4O3/c1-25(2,3)32-24(31)27(5)22-14-17-29(19-22)23(30)26(4)21-13-16-28(18-21)15-9-12-20-10-7-6-8-11-20/h6-8,10-11,21-22H,9,12-19H2,1-5H3/t21?,22-/m0/s1. The number of hydrogen-bond acceptors (Lipinski definition) is 4. The molecule has 7 heteroatoms. The summed E-state index contributed by atoms with van der Waals surface area (Å²) in [5.74, 6) is 0. The molecule has 3 amide bonds. The number of benzene rings is 1. The molecule has 1 unspecified atom stereocenters. The smallest absolute Gasteiger partial charge is 0.410 e. The first kappa shape index (κ1) is 24.4. The molecule has 1 aromatic rings. The Hall–Kier alpha value is -2.28. The maximum Gasteiger partial charge on any atom is 0.410 e. The van der Waals surface area contributed by atoms with Gasteiger partial charge >= 0.3 is 12.1 Å². The van der Waals surface area contributed by atoms with E-state index < -0.39 is 5.60 Å². The first-order valence-electron chi connectivity index (χ1n) is 11.9. The molecule has 2 aliphatic rings. The molecule has 32 heavy (non-hydrogen) atoms. The van der Waals surface area contributed by atoms with Crippen LogP contribution in [0.1, 0.15) is 45.6 Å². The Morgan fingerprint density at radius 2 is 1.66 bits per heavy atom. The van der Waals surface area contributed by atoms with E-state index in [1.54, 1.807) is 11.9 Å². The minimum atomic E-state index is -0.519. The maximum atomic E-state index is 13.1. The minimum Gasteiger partial charge on any atom is -0.444 e. The van der Waals surface area contributed by atoms with Crippen molar-refractivity contribution in [3.8, 4) is 0 Å². The number of carbonyl (C=O) groups is 2. The summed E-state index contributed by atoms with van der Waals surface area (Å²) in [5.41, 5.74) is 0.866.